The molecule has 0 aromatic rings. The Morgan fingerprint density at radius 2 is 1.44 bits per heavy atom. The second-order valence-electron chi connectivity index (χ2n) is 0.529. The van der Waals surface area contributed by atoms with E-state index in [1.54, 1.807) is 0 Å². The molecule has 0 spiro atoms. The Morgan fingerprint density at radius 3 is 1.44 bits per heavy atom. The monoisotopic (exact) mass is 220 g/mol. The van der Waals surface area contributed by atoms with Crippen LogP contribution in [0.2, 0.25) is 0 Å². The Morgan fingerprint density at radius 1 is 1.22 bits per heavy atom. The summed E-state index contributed by atoms with van der Waals surface area (Å²) in [5, 5.41) is 14.9. The van der Waals surface area contributed by atoms with E-state index in [1.807, 2.05) is 0 Å². The van der Waals surface area contributed by atoms with Crippen LogP contribution in [0.25, 0.3) is 0 Å². The molecule has 0 aliphatic carbocycles. The van der Waals surface area contributed by atoms with Gasteiger partial charge in [0.1, 0.15) is 0 Å². The van der Waals surface area contributed by atoms with Crippen LogP contribution in [0.4, 0.5) is 0 Å². The number of hydrogen-bond acceptors (Lipinski definition) is 5. The van der Waals surface area contributed by atoms with Crippen molar-refractivity contribution in [1.29, 1.82) is 0 Å². The van der Waals surface area contributed by atoms with Gasteiger partial charge in [-0.1, -0.05) is 0 Å². The Hall–Kier alpha value is 1.17. The molecular formula is H3MgN2O5Rb. The van der Waals surface area contributed by atoms with Crippen LogP contribution < -0.4 is 58.2 Å². The maximum absolute atomic E-state index is 8.95. The average Bonchev–Trinajstić information content (AvgIpc) is 1.27. The molecule has 0 aliphatic heterocycles. The summed E-state index contributed by atoms with van der Waals surface area (Å²) in [5.41, 5.74) is 0. The van der Waals surface area contributed by atoms with Gasteiger partial charge in [0.05, 0.1) is 0 Å². The van der Waals surface area contributed by atoms with Crippen molar-refractivity contribution < 1.29 is 77.6 Å². The zero-order chi connectivity index (χ0) is 5.86. The van der Waals surface area contributed by atoms with Crippen LogP contribution in [-0.2, 0) is 4.94 Å². The van der Waals surface area contributed by atoms with E-state index in [9.17, 15) is 0 Å². The van der Waals surface area contributed by atoms with Gasteiger partial charge in [-0.2, -0.15) is 0 Å². The van der Waals surface area contributed by atoms with Crippen LogP contribution in [0.1, 0.15) is 4.28 Å². The summed E-state index contributed by atoms with van der Waals surface area (Å²) in [6.07, 6.45) is 0. The summed E-state index contributed by atoms with van der Waals surface area (Å²) in [6.45, 7) is 0. The van der Waals surface area contributed by atoms with Crippen LogP contribution >= 0.6 is 0 Å². The standard InChI is InChI=1S/Mg.N2O5.Rb.3H/c;3-1(4)7-2(5)6;;;;/q+2;;+1;3*-1. The van der Waals surface area contributed by atoms with Crippen molar-refractivity contribution in [3.05, 3.63) is 20.2 Å². The zero-order valence-corrected chi connectivity index (χ0v) is 11.0. The van der Waals surface area contributed by atoms with Crippen molar-refractivity contribution in [2.75, 3.05) is 0 Å². The second-order valence-corrected chi connectivity index (χ2v) is 0.529. The Bertz CT molecular complexity index is 101. The Balaban J connectivity index is -0.0000000180. The van der Waals surface area contributed by atoms with E-state index in [4.69, 9.17) is 20.2 Å². The molecule has 46 valence electrons. The predicted octanol–water partition coefficient (Wildman–Crippen LogP) is -3.65. The first-order chi connectivity index (χ1) is 3.13. The van der Waals surface area contributed by atoms with Gasteiger partial charge in [0.15, 0.2) is 0 Å². The van der Waals surface area contributed by atoms with Crippen molar-refractivity contribution in [2.45, 2.75) is 0 Å². The van der Waals surface area contributed by atoms with Crippen LogP contribution in [0.3, 0.4) is 0 Å². The van der Waals surface area contributed by atoms with Gasteiger partial charge in [0.25, 0.3) is 0 Å². The first-order valence-corrected chi connectivity index (χ1v) is 1.10. The van der Waals surface area contributed by atoms with Gasteiger partial charge in [-0.15, -0.1) is 20.2 Å². The molecule has 0 fully saturated rings. The molecule has 0 bridgehead atoms. The summed E-state index contributed by atoms with van der Waals surface area (Å²) in [7, 11) is 0. The molecular weight excluding hydrogens is 218 g/mol. The summed E-state index contributed by atoms with van der Waals surface area (Å²) >= 11 is 0. The molecule has 0 aromatic carbocycles. The molecule has 0 saturated heterocycles. The topological polar surface area (TPSA) is 95.5 Å². The normalized spacial score (nSPS) is 5.78. The van der Waals surface area contributed by atoms with Crippen molar-refractivity contribution in [3.8, 4) is 0 Å². The first-order valence-electron chi connectivity index (χ1n) is 1.10. The number of nitrogens with zero attached hydrogens (tertiary/aromatic N) is 2. The molecule has 0 aliphatic rings. The fourth-order valence-electron chi connectivity index (χ4n) is 0.0544. The minimum absolute atomic E-state index is 0. The van der Waals surface area contributed by atoms with Gasteiger partial charge < -0.3 is 4.28 Å². The van der Waals surface area contributed by atoms with E-state index < -0.39 is 10.2 Å². The summed E-state index contributed by atoms with van der Waals surface area (Å²) < 4.78 is 0. The molecule has 9 heteroatoms. The third-order valence-corrected chi connectivity index (χ3v) is 0.133. The van der Waals surface area contributed by atoms with Gasteiger partial charge in [-0.05, 0) is 0 Å². The van der Waals surface area contributed by atoms with Crippen molar-refractivity contribution in [3.63, 3.8) is 0 Å². The minimum Gasteiger partial charge on any atom is -1.00 e. The fraction of sp³-hybridized carbons (Fsp3) is 0. The largest absolute Gasteiger partial charge is 2.00 e. The number of hydrogen-bond donors (Lipinski definition) is 0. The average molecular weight is 221 g/mol. The third-order valence-electron chi connectivity index (χ3n) is 0.133. The van der Waals surface area contributed by atoms with Crippen molar-refractivity contribution in [2.24, 2.45) is 0 Å². The van der Waals surface area contributed by atoms with Crippen molar-refractivity contribution >= 4 is 23.1 Å². The van der Waals surface area contributed by atoms with E-state index in [0.29, 0.717) is 0 Å². The Labute approximate surface area is 119 Å². The molecule has 0 atom stereocenters. The van der Waals surface area contributed by atoms with Gasteiger partial charge in [0, 0.05) is 4.94 Å². The quantitative estimate of drug-likeness (QED) is 0.272. The van der Waals surface area contributed by atoms with Crippen LogP contribution in [-0.4, -0.2) is 33.2 Å². The van der Waals surface area contributed by atoms with Crippen LogP contribution in [0.15, 0.2) is 0 Å². The molecule has 0 radical (unpaired) electrons. The van der Waals surface area contributed by atoms with Gasteiger partial charge >= 0.3 is 91.4 Å². The maximum Gasteiger partial charge on any atom is 2.00 e. The summed E-state index contributed by atoms with van der Waals surface area (Å²) in [6, 6.07) is 0. The van der Waals surface area contributed by atoms with E-state index in [1.165, 1.54) is 0 Å². The van der Waals surface area contributed by atoms with E-state index in [2.05, 4.69) is 4.94 Å². The predicted molar refractivity (Wildman–Crippen MR) is 24.2 cm³/mol. The fourth-order valence-corrected chi connectivity index (χ4v) is 0.0544. The molecule has 9 heavy (non-hydrogen) atoms. The zero-order valence-electron chi connectivity index (χ0n) is 7.64. The van der Waals surface area contributed by atoms with Gasteiger partial charge in [-0.3, -0.25) is 0 Å². The van der Waals surface area contributed by atoms with E-state index in [0.717, 1.165) is 0 Å². The molecule has 0 rings (SSSR count). The first kappa shape index (κ1) is 16.6. The summed E-state index contributed by atoms with van der Waals surface area (Å²) in [5.74, 6) is 0. The maximum atomic E-state index is 8.95. The molecule has 0 saturated carbocycles. The van der Waals surface area contributed by atoms with Crippen LogP contribution in [0, 0.1) is 20.2 Å². The molecule has 0 unspecified atom stereocenters. The van der Waals surface area contributed by atoms with Gasteiger partial charge in [-0.25, -0.2) is 0 Å². The molecule has 0 N–H and O–H groups in total. The summed E-state index contributed by atoms with van der Waals surface area (Å²) in [4.78, 5) is 20.6. The minimum atomic E-state index is -1.50. The third kappa shape index (κ3) is 17.6. The van der Waals surface area contributed by atoms with Crippen molar-refractivity contribution in [1.82, 2.24) is 0 Å². The van der Waals surface area contributed by atoms with E-state index in [-0.39, 0.29) is 85.5 Å². The molecule has 0 heterocycles. The smallest absolute Gasteiger partial charge is 1.00 e. The molecule has 0 amide bonds. The SMILES string of the molecule is O=[N+]([O-])O[N+](=O)[O-].[H-].[H-].[H-].[Mg+2].[Rb+]. The van der Waals surface area contributed by atoms with Crippen LogP contribution in [0.5, 0.6) is 0 Å². The Kier molecular flexibility index (Phi) is 17.0. The van der Waals surface area contributed by atoms with E-state index >= 15 is 0 Å². The molecule has 7 nitrogen and oxygen atoms in total. The van der Waals surface area contributed by atoms with Gasteiger partial charge in [0.2, 0.25) is 0 Å². The molecule has 0 aromatic heterocycles. The number of rotatable bonds is 2. The second kappa shape index (κ2) is 9.17.